The predicted octanol–water partition coefficient (Wildman–Crippen LogP) is 0.682. The van der Waals surface area contributed by atoms with Crippen molar-refractivity contribution in [2.24, 2.45) is 0 Å². The molecule has 0 spiro atoms. The second kappa shape index (κ2) is 8.28. The molecule has 1 N–H and O–H groups in total. The smallest absolute Gasteiger partial charge is 0.347 e. The van der Waals surface area contributed by atoms with Crippen LogP contribution in [0.5, 0.6) is 0 Å². The van der Waals surface area contributed by atoms with Gasteiger partial charge in [0.1, 0.15) is 6.04 Å². The molecular formula is C14H21NO6. The van der Waals surface area contributed by atoms with Crippen LogP contribution < -0.4 is 5.32 Å². The lowest BCUT2D eigenvalue weighted by molar-refractivity contribution is -0.147. The zero-order valence-electron chi connectivity index (χ0n) is 12.6. The first-order valence-corrected chi connectivity index (χ1v) is 7.05. The van der Waals surface area contributed by atoms with E-state index < -0.39 is 23.9 Å². The maximum absolute atomic E-state index is 11.9. The van der Waals surface area contributed by atoms with Gasteiger partial charge in [0.2, 0.25) is 0 Å². The van der Waals surface area contributed by atoms with Crippen LogP contribution in [0.4, 0.5) is 0 Å². The molecule has 0 radical (unpaired) electrons. The quantitative estimate of drug-likeness (QED) is 0.253. The highest BCUT2D eigenvalue weighted by molar-refractivity contribution is 6.14. The summed E-state index contributed by atoms with van der Waals surface area (Å²) < 4.78 is 14.7. The monoisotopic (exact) mass is 299 g/mol. The van der Waals surface area contributed by atoms with E-state index in [9.17, 15) is 14.4 Å². The molecule has 1 aliphatic heterocycles. The summed E-state index contributed by atoms with van der Waals surface area (Å²) in [5.74, 6) is -1.90. The van der Waals surface area contributed by atoms with Crippen LogP contribution in [0.1, 0.15) is 33.6 Å². The minimum absolute atomic E-state index is 0.149. The van der Waals surface area contributed by atoms with Crippen molar-refractivity contribution in [3.63, 3.8) is 0 Å². The number of ether oxygens (including phenoxy) is 3. The molecular weight excluding hydrogens is 278 g/mol. The molecule has 0 aromatic heterocycles. The van der Waals surface area contributed by atoms with Gasteiger partial charge in [0.05, 0.1) is 19.8 Å². The van der Waals surface area contributed by atoms with Gasteiger partial charge < -0.3 is 19.5 Å². The van der Waals surface area contributed by atoms with Crippen molar-refractivity contribution in [2.45, 2.75) is 39.7 Å². The largest absolute Gasteiger partial charge is 0.464 e. The molecule has 0 aromatic carbocycles. The van der Waals surface area contributed by atoms with Crippen molar-refractivity contribution >= 4 is 17.9 Å². The molecule has 21 heavy (non-hydrogen) atoms. The van der Waals surface area contributed by atoms with E-state index >= 15 is 0 Å². The molecule has 0 amide bonds. The van der Waals surface area contributed by atoms with Gasteiger partial charge in [-0.05, 0) is 33.6 Å². The molecule has 0 bridgehead atoms. The van der Waals surface area contributed by atoms with E-state index in [2.05, 4.69) is 5.32 Å². The van der Waals surface area contributed by atoms with Crippen LogP contribution in [0.15, 0.2) is 11.3 Å². The Hall–Kier alpha value is -2.05. The molecule has 118 valence electrons. The molecule has 1 unspecified atom stereocenters. The predicted molar refractivity (Wildman–Crippen MR) is 73.1 cm³/mol. The molecule has 1 heterocycles. The lowest BCUT2D eigenvalue weighted by atomic mass is 10.1. The van der Waals surface area contributed by atoms with Crippen LogP contribution >= 0.6 is 0 Å². The van der Waals surface area contributed by atoms with Gasteiger partial charge in [0.25, 0.3) is 0 Å². The van der Waals surface area contributed by atoms with Crippen LogP contribution in [0, 0.1) is 0 Å². The Bertz CT molecular complexity index is 423. The van der Waals surface area contributed by atoms with E-state index in [4.69, 9.17) is 14.2 Å². The minimum Gasteiger partial charge on any atom is -0.464 e. The highest BCUT2D eigenvalue weighted by Gasteiger charge is 2.33. The standard InChI is InChI=1S/C14H21NO6/c1-4-19-12(16)10-8-7-9(15-10)11(13(17)20-5-2)14(18)21-6-3/h10,15H,4-8H2,1-3H3. The summed E-state index contributed by atoms with van der Waals surface area (Å²) in [7, 11) is 0. The molecule has 7 nitrogen and oxygen atoms in total. The molecule has 1 rings (SSSR count). The van der Waals surface area contributed by atoms with Crippen molar-refractivity contribution in [1.29, 1.82) is 0 Å². The number of nitrogens with one attached hydrogen (secondary N) is 1. The molecule has 1 aliphatic rings. The van der Waals surface area contributed by atoms with Gasteiger partial charge in [-0.1, -0.05) is 0 Å². The van der Waals surface area contributed by atoms with Gasteiger partial charge in [0, 0.05) is 5.70 Å². The second-order valence-electron chi connectivity index (χ2n) is 4.28. The van der Waals surface area contributed by atoms with E-state index in [1.165, 1.54) is 0 Å². The number of carbonyl (C=O) groups excluding carboxylic acids is 3. The zero-order valence-corrected chi connectivity index (χ0v) is 12.6. The highest BCUT2D eigenvalue weighted by Crippen LogP contribution is 2.22. The fraction of sp³-hybridized carbons (Fsp3) is 0.643. The van der Waals surface area contributed by atoms with Crippen LogP contribution in [-0.2, 0) is 28.6 Å². The third-order valence-electron chi connectivity index (χ3n) is 2.86. The summed E-state index contributed by atoms with van der Waals surface area (Å²) in [6.07, 6.45) is 0.840. The van der Waals surface area contributed by atoms with Gasteiger partial charge in [-0.25, -0.2) is 14.4 Å². The summed E-state index contributed by atoms with van der Waals surface area (Å²) in [4.78, 5) is 35.5. The Balaban J connectivity index is 2.94. The molecule has 7 heteroatoms. The van der Waals surface area contributed by atoms with E-state index in [0.29, 0.717) is 18.5 Å². The van der Waals surface area contributed by atoms with Crippen molar-refractivity contribution in [3.05, 3.63) is 11.3 Å². The average Bonchev–Trinajstić information content (AvgIpc) is 2.89. The maximum atomic E-state index is 11.9. The average molecular weight is 299 g/mol. The number of carbonyl (C=O) groups is 3. The summed E-state index contributed by atoms with van der Waals surface area (Å²) >= 11 is 0. The maximum Gasteiger partial charge on any atom is 0.347 e. The summed E-state index contributed by atoms with van der Waals surface area (Å²) in [6, 6.07) is -0.557. The van der Waals surface area contributed by atoms with Crippen LogP contribution in [0.25, 0.3) is 0 Å². The first-order chi connectivity index (χ1) is 10.0. The van der Waals surface area contributed by atoms with Crippen LogP contribution in [0.3, 0.4) is 0 Å². The summed E-state index contributed by atoms with van der Waals surface area (Å²) in [5, 5.41) is 2.86. The fourth-order valence-electron chi connectivity index (χ4n) is 2.00. The first-order valence-electron chi connectivity index (χ1n) is 7.05. The Kier molecular flexibility index (Phi) is 6.71. The first kappa shape index (κ1) is 17.0. The van der Waals surface area contributed by atoms with Crippen molar-refractivity contribution in [2.75, 3.05) is 19.8 Å². The minimum atomic E-state index is -0.747. The van der Waals surface area contributed by atoms with Crippen LogP contribution in [-0.4, -0.2) is 43.8 Å². The molecule has 0 saturated carbocycles. The number of allylic oxidation sites excluding steroid dienone is 1. The van der Waals surface area contributed by atoms with Crippen molar-refractivity contribution < 1.29 is 28.6 Å². The lowest BCUT2D eigenvalue weighted by Crippen LogP contribution is -2.33. The fourth-order valence-corrected chi connectivity index (χ4v) is 2.00. The molecule has 1 fully saturated rings. The number of hydrogen-bond acceptors (Lipinski definition) is 7. The summed E-state index contributed by atoms with van der Waals surface area (Å²) in [5.41, 5.74) is 0.190. The van der Waals surface area contributed by atoms with Crippen molar-refractivity contribution in [3.8, 4) is 0 Å². The number of hydrogen-bond donors (Lipinski definition) is 1. The summed E-state index contributed by atoms with van der Waals surface area (Å²) in [6.45, 7) is 5.58. The third-order valence-corrected chi connectivity index (χ3v) is 2.86. The van der Waals surface area contributed by atoms with E-state index in [1.807, 2.05) is 0 Å². The van der Waals surface area contributed by atoms with Gasteiger partial charge in [-0.2, -0.15) is 0 Å². The Morgan fingerprint density at radius 2 is 1.52 bits per heavy atom. The second-order valence-corrected chi connectivity index (χ2v) is 4.28. The van der Waals surface area contributed by atoms with Gasteiger partial charge in [-0.3, -0.25) is 0 Å². The van der Waals surface area contributed by atoms with Crippen LogP contribution in [0.2, 0.25) is 0 Å². The molecule has 0 aromatic rings. The number of rotatable bonds is 6. The molecule has 1 atom stereocenters. The highest BCUT2D eigenvalue weighted by atomic mass is 16.6. The zero-order chi connectivity index (χ0) is 15.8. The lowest BCUT2D eigenvalue weighted by Gasteiger charge is -2.12. The topological polar surface area (TPSA) is 90.9 Å². The van der Waals surface area contributed by atoms with Gasteiger partial charge in [-0.15, -0.1) is 0 Å². The van der Waals surface area contributed by atoms with E-state index in [-0.39, 0.29) is 25.4 Å². The molecule has 0 aliphatic carbocycles. The molecule has 1 saturated heterocycles. The Morgan fingerprint density at radius 3 is 2.00 bits per heavy atom. The SMILES string of the molecule is CCOC(=O)C(C(=O)OCC)=C1CCC(C(=O)OCC)N1. The Labute approximate surface area is 123 Å². The van der Waals surface area contributed by atoms with E-state index in [0.717, 1.165) is 0 Å². The van der Waals surface area contributed by atoms with Gasteiger partial charge in [0.15, 0.2) is 5.57 Å². The third kappa shape index (κ3) is 4.47. The Morgan fingerprint density at radius 1 is 1.00 bits per heavy atom. The normalized spacial score (nSPS) is 16.9. The van der Waals surface area contributed by atoms with E-state index in [1.54, 1.807) is 20.8 Å². The van der Waals surface area contributed by atoms with Gasteiger partial charge >= 0.3 is 17.9 Å². The van der Waals surface area contributed by atoms with Crippen molar-refractivity contribution in [1.82, 2.24) is 5.32 Å². The number of esters is 3.